The van der Waals surface area contributed by atoms with Gasteiger partial charge in [-0.05, 0) is 44.0 Å². The van der Waals surface area contributed by atoms with Crippen LogP contribution in [0.1, 0.15) is 42.4 Å². The van der Waals surface area contributed by atoms with Crippen molar-refractivity contribution in [2.45, 2.75) is 31.3 Å². The molecule has 1 aromatic rings. The summed E-state index contributed by atoms with van der Waals surface area (Å²) >= 11 is 0. The molecular weight excluding hydrogens is 198 g/mol. The Kier molecular flexibility index (Phi) is 3.62. The minimum absolute atomic E-state index is 0.355. The van der Waals surface area contributed by atoms with Gasteiger partial charge >= 0.3 is 0 Å². The summed E-state index contributed by atoms with van der Waals surface area (Å²) in [7, 11) is 3.99. The summed E-state index contributed by atoms with van der Waals surface area (Å²) in [4.78, 5) is 2.03. The molecule has 0 saturated heterocycles. The Morgan fingerprint density at radius 1 is 1.31 bits per heavy atom. The summed E-state index contributed by atoms with van der Waals surface area (Å²) in [6, 6.07) is 8.36. The van der Waals surface area contributed by atoms with E-state index in [0.717, 1.165) is 5.56 Å². The Bertz CT molecular complexity index is 344. The van der Waals surface area contributed by atoms with Gasteiger partial charge in [0.15, 0.2) is 0 Å². The average Bonchev–Trinajstić information content (AvgIpc) is 2.14. The highest BCUT2D eigenvalue weighted by molar-refractivity contribution is 5.33. The van der Waals surface area contributed by atoms with Gasteiger partial charge in [0.05, 0.1) is 6.10 Å². The van der Waals surface area contributed by atoms with E-state index in [9.17, 15) is 5.11 Å². The molecule has 1 atom stereocenters. The first kappa shape index (κ1) is 11.6. The van der Waals surface area contributed by atoms with Crippen molar-refractivity contribution in [2.75, 3.05) is 20.6 Å². The first-order chi connectivity index (χ1) is 7.68. The zero-order valence-corrected chi connectivity index (χ0v) is 10.2. The van der Waals surface area contributed by atoms with Crippen molar-refractivity contribution >= 4 is 0 Å². The largest absolute Gasteiger partial charge is 0.387 e. The fourth-order valence-corrected chi connectivity index (χ4v) is 2.35. The molecule has 1 saturated carbocycles. The molecule has 0 bridgehead atoms. The summed E-state index contributed by atoms with van der Waals surface area (Å²) in [5.41, 5.74) is 2.49. The number of hydrogen-bond acceptors (Lipinski definition) is 2. The predicted octanol–water partition coefficient (Wildman–Crippen LogP) is 2.55. The Morgan fingerprint density at radius 2 is 2.00 bits per heavy atom. The molecule has 1 N–H and O–H groups in total. The number of nitrogens with zero attached hydrogens (tertiary/aromatic N) is 1. The van der Waals surface area contributed by atoms with E-state index in [4.69, 9.17) is 0 Å². The maximum absolute atomic E-state index is 10.2. The molecule has 2 rings (SSSR count). The molecule has 2 heteroatoms. The lowest BCUT2D eigenvalue weighted by Gasteiger charge is -2.29. The SMILES string of the molecule is CN(C)CC(O)c1ccccc1C1CCC1. The quantitative estimate of drug-likeness (QED) is 0.841. The highest BCUT2D eigenvalue weighted by atomic mass is 16.3. The van der Waals surface area contributed by atoms with Crippen LogP contribution in [0.2, 0.25) is 0 Å². The van der Waals surface area contributed by atoms with Crippen LogP contribution in [0.25, 0.3) is 0 Å². The summed E-state index contributed by atoms with van der Waals surface area (Å²) in [6.45, 7) is 0.698. The molecule has 0 amide bonds. The van der Waals surface area contributed by atoms with Crippen molar-refractivity contribution in [3.8, 4) is 0 Å². The molecule has 1 aliphatic carbocycles. The maximum Gasteiger partial charge on any atom is 0.0919 e. The van der Waals surface area contributed by atoms with E-state index < -0.39 is 0 Å². The van der Waals surface area contributed by atoms with Crippen LogP contribution in [0.15, 0.2) is 24.3 Å². The van der Waals surface area contributed by atoms with E-state index in [2.05, 4.69) is 18.2 Å². The molecule has 1 fully saturated rings. The summed E-state index contributed by atoms with van der Waals surface area (Å²) in [6.07, 6.45) is 3.55. The molecule has 0 heterocycles. The molecule has 1 aliphatic rings. The minimum Gasteiger partial charge on any atom is -0.387 e. The summed E-state index contributed by atoms with van der Waals surface area (Å²) in [5, 5.41) is 10.2. The van der Waals surface area contributed by atoms with E-state index in [1.54, 1.807) is 0 Å². The number of rotatable bonds is 4. The number of aliphatic hydroxyl groups is 1. The van der Waals surface area contributed by atoms with Gasteiger partial charge in [-0.2, -0.15) is 0 Å². The van der Waals surface area contributed by atoms with Crippen LogP contribution in [0.4, 0.5) is 0 Å². The topological polar surface area (TPSA) is 23.5 Å². The molecule has 88 valence electrons. The molecular formula is C14H21NO. The van der Waals surface area contributed by atoms with Crippen LogP contribution in [0.5, 0.6) is 0 Å². The highest BCUT2D eigenvalue weighted by Crippen LogP contribution is 2.39. The van der Waals surface area contributed by atoms with Gasteiger partial charge in [0, 0.05) is 6.54 Å². The van der Waals surface area contributed by atoms with Gasteiger partial charge < -0.3 is 10.0 Å². The fraction of sp³-hybridized carbons (Fsp3) is 0.571. The van der Waals surface area contributed by atoms with Gasteiger partial charge in [0.1, 0.15) is 0 Å². The number of benzene rings is 1. The Balaban J connectivity index is 2.18. The third kappa shape index (κ3) is 2.45. The monoisotopic (exact) mass is 219 g/mol. The van der Waals surface area contributed by atoms with E-state index in [1.807, 2.05) is 25.1 Å². The molecule has 1 aromatic carbocycles. The van der Waals surface area contributed by atoms with Crippen LogP contribution in [-0.4, -0.2) is 30.6 Å². The molecule has 0 aromatic heterocycles. The number of aliphatic hydroxyl groups excluding tert-OH is 1. The standard InChI is InChI=1S/C14H21NO/c1-15(2)10-14(16)13-9-4-3-8-12(13)11-6-5-7-11/h3-4,8-9,11,14,16H,5-7,10H2,1-2H3. The molecule has 0 spiro atoms. The van der Waals surface area contributed by atoms with Crippen LogP contribution in [-0.2, 0) is 0 Å². The maximum atomic E-state index is 10.2. The van der Waals surface area contributed by atoms with Crippen molar-refractivity contribution in [1.82, 2.24) is 4.90 Å². The Labute approximate surface area is 97.9 Å². The second-order valence-corrected chi connectivity index (χ2v) is 5.03. The van der Waals surface area contributed by atoms with E-state index in [-0.39, 0.29) is 6.10 Å². The van der Waals surface area contributed by atoms with E-state index >= 15 is 0 Å². The lowest BCUT2D eigenvalue weighted by atomic mass is 9.77. The van der Waals surface area contributed by atoms with Crippen LogP contribution in [0, 0.1) is 0 Å². The zero-order valence-electron chi connectivity index (χ0n) is 10.2. The van der Waals surface area contributed by atoms with Crippen molar-refractivity contribution < 1.29 is 5.11 Å². The third-order valence-corrected chi connectivity index (χ3v) is 3.44. The fourth-order valence-electron chi connectivity index (χ4n) is 2.35. The third-order valence-electron chi connectivity index (χ3n) is 3.44. The predicted molar refractivity (Wildman–Crippen MR) is 66.5 cm³/mol. The van der Waals surface area contributed by atoms with Gasteiger partial charge in [-0.15, -0.1) is 0 Å². The van der Waals surface area contributed by atoms with Crippen LogP contribution in [0.3, 0.4) is 0 Å². The Morgan fingerprint density at radius 3 is 2.56 bits per heavy atom. The summed E-state index contributed by atoms with van der Waals surface area (Å²) in [5.74, 6) is 0.688. The van der Waals surface area contributed by atoms with Crippen LogP contribution >= 0.6 is 0 Å². The zero-order chi connectivity index (χ0) is 11.5. The minimum atomic E-state index is -0.355. The first-order valence-corrected chi connectivity index (χ1v) is 6.10. The van der Waals surface area contributed by atoms with Gasteiger partial charge in [-0.25, -0.2) is 0 Å². The van der Waals surface area contributed by atoms with Gasteiger partial charge in [-0.1, -0.05) is 30.7 Å². The lowest BCUT2D eigenvalue weighted by molar-refractivity contribution is 0.136. The number of likely N-dealkylation sites (N-methyl/N-ethyl adjacent to an activating group) is 1. The molecule has 0 aliphatic heterocycles. The smallest absolute Gasteiger partial charge is 0.0919 e. The Hall–Kier alpha value is -0.860. The van der Waals surface area contributed by atoms with Gasteiger partial charge in [0.25, 0.3) is 0 Å². The second-order valence-electron chi connectivity index (χ2n) is 5.03. The van der Waals surface area contributed by atoms with Crippen molar-refractivity contribution in [3.63, 3.8) is 0 Å². The second kappa shape index (κ2) is 4.98. The normalized spacial score (nSPS) is 18.5. The average molecular weight is 219 g/mol. The van der Waals surface area contributed by atoms with Crippen LogP contribution < -0.4 is 0 Å². The molecule has 0 radical (unpaired) electrons. The van der Waals surface area contributed by atoms with Gasteiger partial charge in [0.2, 0.25) is 0 Å². The van der Waals surface area contributed by atoms with Crippen molar-refractivity contribution in [3.05, 3.63) is 35.4 Å². The van der Waals surface area contributed by atoms with Crippen molar-refractivity contribution in [2.24, 2.45) is 0 Å². The summed E-state index contributed by atoms with van der Waals surface area (Å²) < 4.78 is 0. The highest BCUT2D eigenvalue weighted by Gasteiger charge is 2.24. The first-order valence-electron chi connectivity index (χ1n) is 6.10. The molecule has 16 heavy (non-hydrogen) atoms. The van der Waals surface area contributed by atoms with Gasteiger partial charge in [-0.3, -0.25) is 0 Å². The molecule has 2 nitrogen and oxygen atoms in total. The lowest BCUT2D eigenvalue weighted by Crippen LogP contribution is -2.22. The molecule has 1 unspecified atom stereocenters. The van der Waals surface area contributed by atoms with E-state index in [0.29, 0.717) is 12.5 Å². The van der Waals surface area contributed by atoms with E-state index in [1.165, 1.54) is 24.8 Å². The number of hydrogen-bond donors (Lipinski definition) is 1. The van der Waals surface area contributed by atoms with Crippen molar-refractivity contribution in [1.29, 1.82) is 0 Å².